The Kier molecular flexibility index (Phi) is 6.32. The van der Waals surface area contributed by atoms with Crippen molar-refractivity contribution in [1.29, 1.82) is 0 Å². The number of aliphatic hydroxyl groups is 2. The van der Waals surface area contributed by atoms with Gasteiger partial charge in [0, 0.05) is 6.92 Å². The van der Waals surface area contributed by atoms with E-state index in [4.69, 9.17) is 14.0 Å². The quantitative estimate of drug-likeness (QED) is 0.450. The van der Waals surface area contributed by atoms with Gasteiger partial charge in [-0.15, -0.1) is 0 Å². The largest absolute Gasteiger partial charge is 0.463 e. The molecule has 25 heavy (non-hydrogen) atoms. The molecule has 10 nitrogen and oxygen atoms in total. The summed E-state index contributed by atoms with van der Waals surface area (Å²) in [5.41, 5.74) is 0. The van der Waals surface area contributed by atoms with Crippen LogP contribution in [0.5, 0.6) is 5.75 Å². The summed E-state index contributed by atoms with van der Waals surface area (Å²) < 4.78 is 46.2. The zero-order valence-corrected chi connectivity index (χ0v) is 14.0. The van der Waals surface area contributed by atoms with Crippen LogP contribution in [-0.2, 0) is 24.1 Å². The summed E-state index contributed by atoms with van der Waals surface area (Å²) in [6, 6.07) is 7.13. The molecule has 4 N–H and O–H groups in total. The molecule has 3 unspecified atom stereocenters. The molecule has 0 aromatic heterocycles. The number of amides is 1. The maximum absolute atomic E-state index is 11.4. The van der Waals surface area contributed by atoms with Gasteiger partial charge in [-0.25, -0.2) is 4.18 Å². The number of carbonyl (C=O) groups is 1. The molecule has 0 bridgehead atoms. The van der Waals surface area contributed by atoms with E-state index in [-0.39, 0.29) is 0 Å². The van der Waals surface area contributed by atoms with Gasteiger partial charge < -0.3 is 25.0 Å². The molecule has 1 fully saturated rings. The minimum absolute atomic E-state index is 0.362. The van der Waals surface area contributed by atoms with Crippen LogP contribution >= 0.6 is 0 Å². The third-order valence-electron chi connectivity index (χ3n) is 3.45. The molecule has 0 saturated carbocycles. The number of aliphatic hydroxyl groups excluding tert-OH is 2. The summed E-state index contributed by atoms with van der Waals surface area (Å²) in [6.07, 6.45) is -5.85. The fraction of sp³-hybridized carbons (Fsp3) is 0.500. The number of rotatable bonds is 6. The molecule has 1 amide bonds. The number of hydrogen-bond donors (Lipinski definition) is 4. The van der Waals surface area contributed by atoms with Crippen LogP contribution in [0.1, 0.15) is 6.92 Å². The van der Waals surface area contributed by atoms with Crippen molar-refractivity contribution in [3.05, 3.63) is 30.3 Å². The number of para-hydroxylation sites is 1. The van der Waals surface area contributed by atoms with Gasteiger partial charge in [0.1, 0.15) is 30.1 Å². The molecule has 2 rings (SSSR count). The van der Waals surface area contributed by atoms with Gasteiger partial charge in [-0.3, -0.25) is 9.35 Å². The molecule has 11 heteroatoms. The van der Waals surface area contributed by atoms with Gasteiger partial charge in [0.05, 0.1) is 6.61 Å². The van der Waals surface area contributed by atoms with Crippen molar-refractivity contribution in [3.8, 4) is 5.75 Å². The Morgan fingerprint density at radius 2 is 1.96 bits per heavy atom. The van der Waals surface area contributed by atoms with E-state index in [2.05, 4.69) is 9.50 Å². The van der Waals surface area contributed by atoms with Crippen molar-refractivity contribution in [3.63, 3.8) is 0 Å². The first-order valence-corrected chi connectivity index (χ1v) is 8.66. The van der Waals surface area contributed by atoms with Crippen molar-refractivity contribution < 1.29 is 41.6 Å². The maximum Gasteiger partial charge on any atom is 0.397 e. The summed E-state index contributed by atoms with van der Waals surface area (Å²) in [5, 5.41) is 22.2. The third-order valence-corrected chi connectivity index (χ3v) is 3.92. The predicted molar refractivity (Wildman–Crippen MR) is 82.8 cm³/mol. The molecule has 0 spiro atoms. The molecule has 0 radical (unpaired) electrons. The summed E-state index contributed by atoms with van der Waals surface area (Å²) >= 11 is 0. The van der Waals surface area contributed by atoms with E-state index in [9.17, 15) is 23.4 Å². The Morgan fingerprint density at radius 3 is 2.48 bits per heavy atom. The molecule has 5 atom stereocenters. The number of benzene rings is 1. The highest BCUT2D eigenvalue weighted by molar-refractivity contribution is 7.80. The average Bonchev–Trinajstić information content (AvgIpc) is 2.53. The van der Waals surface area contributed by atoms with Gasteiger partial charge in [0.25, 0.3) is 0 Å². The summed E-state index contributed by atoms with van der Waals surface area (Å²) in [4.78, 5) is 11.4. The topological polar surface area (TPSA) is 152 Å². The van der Waals surface area contributed by atoms with Gasteiger partial charge in [-0.1, -0.05) is 18.2 Å². The monoisotopic (exact) mass is 377 g/mol. The van der Waals surface area contributed by atoms with Crippen molar-refractivity contribution in [2.75, 3.05) is 6.61 Å². The highest BCUT2D eigenvalue weighted by atomic mass is 32.3. The third kappa shape index (κ3) is 5.36. The van der Waals surface area contributed by atoms with Crippen LogP contribution in [-0.4, -0.2) is 66.3 Å². The first kappa shape index (κ1) is 19.6. The van der Waals surface area contributed by atoms with Crippen molar-refractivity contribution in [2.45, 2.75) is 37.6 Å². The number of nitrogens with one attached hydrogen (secondary N) is 1. The zero-order chi connectivity index (χ0) is 18.6. The SMILES string of the molecule is CC(=O)NC1[C@H](Oc2ccccc2)OC(CO)C(OS(=O)(=O)O)[C@H]1O. The van der Waals surface area contributed by atoms with Crippen LogP contribution in [0.3, 0.4) is 0 Å². The number of carbonyl (C=O) groups excluding carboxylic acids is 1. The fourth-order valence-electron chi connectivity index (χ4n) is 2.45. The summed E-state index contributed by atoms with van der Waals surface area (Å²) in [7, 11) is -4.93. The molecular formula is C14H19NO9S. The molecular weight excluding hydrogens is 358 g/mol. The van der Waals surface area contributed by atoms with E-state index in [1.165, 1.54) is 6.92 Å². The van der Waals surface area contributed by atoms with Crippen LogP contribution < -0.4 is 10.1 Å². The maximum atomic E-state index is 11.4. The highest BCUT2D eigenvalue weighted by Gasteiger charge is 2.49. The van der Waals surface area contributed by atoms with E-state index in [0.29, 0.717) is 5.75 Å². The van der Waals surface area contributed by atoms with Gasteiger partial charge in [-0.2, -0.15) is 8.42 Å². The van der Waals surface area contributed by atoms with E-state index in [0.717, 1.165) is 0 Å². The van der Waals surface area contributed by atoms with Crippen LogP contribution in [0.4, 0.5) is 0 Å². The van der Waals surface area contributed by atoms with Crippen molar-refractivity contribution in [2.24, 2.45) is 0 Å². The van der Waals surface area contributed by atoms with E-state index in [1.807, 2.05) is 0 Å². The van der Waals surface area contributed by atoms with E-state index >= 15 is 0 Å². The van der Waals surface area contributed by atoms with Crippen molar-refractivity contribution >= 4 is 16.3 Å². The molecule has 1 heterocycles. The lowest BCUT2D eigenvalue weighted by molar-refractivity contribution is -0.239. The molecule has 1 aliphatic rings. The molecule has 0 aliphatic carbocycles. The summed E-state index contributed by atoms with van der Waals surface area (Å²) in [5.74, 6) is -0.178. The van der Waals surface area contributed by atoms with Gasteiger partial charge in [0.15, 0.2) is 0 Å². The molecule has 1 saturated heterocycles. The first-order chi connectivity index (χ1) is 11.7. The highest BCUT2D eigenvalue weighted by Crippen LogP contribution is 2.27. The lowest BCUT2D eigenvalue weighted by Gasteiger charge is -2.43. The Labute approximate surface area is 144 Å². The predicted octanol–water partition coefficient (Wildman–Crippen LogP) is -1.16. The standard InChI is InChI=1S/C14H19NO9S/c1-8(17)15-11-12(18)13(24-25(19,20)21)10(7-16)23-14(11)22-9-5-3-2-4-6-9/h2-6,10-14,16,18H,7H2,1H3,(H,15,17)(H,19,20,21)/t10?,11?,12-,13?,14+/m0/s1. The molecule has 1 aromatic rings. The van der Waals surface area contributed by atoms with E-state index in [1.54, 1.807) is 30.3 Å². The van der Waals surface area contributed by atoms with Crippen molar-refractivity contribution in [1.82, 2.24) is 5.32 Å². The molecule has 1 aromatic carbocycles. The Morgan fingerprint density at radius 1 is 1.32 bits per heavy atom. The van der Waals surface area contributed by atoms with Gasteiger partial charge >= 0.3 is 10.4 Å². The van der Waals surface area contributed by atoms with Crippen LogP contribution in [0, 0.1) is 0 Å². The van der Waals surface area contributed by atoms with Crippen LogP contribution in [0.15, 0.2) is 30.3 Å². The second kappa shape index (κ2) is 8.08. The average molecular weight is 377 g/mol. The molecule has 140 valence electrons. The normalized spacial score (nSPS) is 29.8. The lowest BCUT2D eigenvalue weighted by atomic mass is 9.97. The zero-order valence-electron chi connectivity index (χ0n) is 13.2. The van der Waals surface area contributed by atoms with Gasteiger partial charge in [0.2, 0.25) is 12.2 Å². The molecule has 1 aliphatic heterocycles. The van der Waals surface area contributed by atoms with Crippen LogP contribution in [0.25, 0.3) is 0 Å². The summed E-state index contributed by atoms with van der Waals surface area (Å²) in [6.45, 7) is 0.460. The minimum Gasteiger partial charge on any atom is -0.463 e. The fourth-order valence-corrected chi connectivity index (χ4v) is 2.97. The second-order valence-electron chi connectivity index (χ2n) is 5.36. The minimum atomic E-state index is -4.93. The number of ether oxygens (including phenoxy) is 2. The van der Waals surface area contributed by atoms with Crippen LogP contribution in [0.2, 0.25) is 0 Å². The lowest BCUT2D eigenvalue weighted by Crippen LogP contribution is -2.66. The van der Waals surface area contributed by atoms with Gasteiger partial charge in [-0.05, 0) is 12.1 Å². The Hall–Kier alpha value is -1.76. The first-order valence-electron chi connectivity index (χ1n) is 7.30. The van der Waals surface area contributed by atoms with E-state index < -0.39 is 53.6 Å². The Balaban J connectivity index is 2.27. The number of hydrogen-bond acceptors (Lipinski definition) is 8. The smallest absolute Gasteiger partial charge is 0.397 e. The second-order valence-corrected chi connectivity index (χ2v) is 6.41. The Bertz CT molecular complexity index is 681.